The summed E-state index contributed by atoms with van der Waals surface area (Å²) in [6, 6.07) is 0. The molecular weight excluding hydrogens is 267 g/mol. The maximum atomic E-state index is 12.2. The molecule has 0 aromatic carbocycles. The van der Waals surface area contributed by atoms with Gasteiger partial charge in [-0.25, -0.2) is 0 Å². The highest BCUT2D eigenvalue weighted by atomic mass is 19.4. The first-order valence-electron chi connectivity index (χ1n) is 6.77. The van der Waals surface area contributed by atoms with Crippen molar-refractivity contribution in [3.8, 4) is 0 Å². The van der Waals surface area contributed by atoms with Crippen molar-refractivity contribution in [3.05, 3.63) is 12.7 Å². The molecule has 0 aliphatic rings. The molecule has 0 rings (SSSR count). The second-order valence-electron chi connectivity index (χ2n) is 6.86. The van der Waals surface area contributed by atoms with Crippen LogP contribution in [-0.4, -0.2) is 30.6 Å². The van der Waals surface area contributed by atoms with Crippen LogP contribution in [0, 0.1) is 10.8 Å². The molecule has 2 nitrogen and oxygen atoms in total. The van der Waals surface area contributed by atoms with Crippen LogP contribution in [0.4, 0.5) is 13.2 Å². The zero-order valence-corrected chi connectivity index (χ0v) is 13.1. The van der Waals surface area contributed by atoms with Crippen LogP contribution < -0.4 is 0 Å². The van der Waals surface area contributed by atoms with E-state index in [4.69, 9.17) is 0 Å². The van der Waals surface area contributed by atoms with E-state index < -0.39 is 12.1 Å². The van der Waals surface area contributed by atoms with Crippen LogP contribution in [0.15, 0.2) is 12.7 Å². The summed E-state index contributed by atoms with van der Waals surface area (Å²) in [6.07, 6.45) is -0.665. The number of alkyl halides is 3. The Morgan fingerprint density at radius 2 is 1.70 bits per heavy atom. The van der Waals surface area contributed by atoms with Crippen LogP contribution in [0.5, 0.6) is 0 Å². The molecule has 0 aliphatic carbocycles. The monoisotopic (exact) mass is 293 g/mol. The van der Waals surface area contributed by atoms with E-state index >= 15 is 0 Å². The first kappa shape index (κ1) is 19.0. The average molecular weight is 293 g/mol. The van der Waals surface area contributed by atoms with Crippen molar-refractivity contribution in [3.63, 3.8) is 0 Å². The lowest BCUT2D eigenvalue weighted by Crippen LogP contribution is -2.39. The average Bonchev–Trinajstić information content (AvgIpc) is 2.24. The van der Waals surface area contributed by atoms with E-state index in [-0.39, 0.29) is 17.4 Å². The van der Waals surface area contributed by atoms with Gasteiger partial charge in [-0.2, -0.15) is 13.2 Å². The van der Waals surface area contributed by atoms with E-state index in [1.807, 2.05) is 6.08 Å². The molecule has 0 heterocycles. The third-order valence-electron chi connectivity index (χ3n) is 3.42. The Bertz CT molecular complexity index is 346. The number of halogens is 3. The summed E-state index contributed by atoms with van der Waals surface area (Å²) in [5.41, 5.74) is -0.00298. The summed E-state index contributed by atoms with van der Waals surface area (Å²) in [7, 11) is 1.19. The molecule has 0 saturated heterocycles. The molecule has 0 atom stereocenters. The Morgan fingerprint density at radius 3 is 2.10 bits per heavy atom. The van der Waals surface area contributed by atoms with Gasteiger partial charge in [-0.05, 0) is 30.1 Å². The van der Waals surface area contributed by atoms with Gasteiger partial charge in [0.1, 0.15) is 0 Å². The fraction of sp³-hybridized carbons (Fsp3) is 0.800. The van der Waals surface area contributed by atoms with Crippen molar-refractivity contribution in [1.29, 1.82) is 0 Å². The number of carbonyl (C=O) groups is 1. The van der Waals surface area contributed by atoms with Crippen molar-refractivity contribution < 1.29 is 18.0 Å². The van der Waals surface area contributed by atoms with Crippen LogP contribution >= 0.6 is 0 Å². The van der Waals surface area contributed by atoms with Crippen molar-refractivity contribution in [2.24, 2.45) is 10.8 Å². The van der Waals surface area contributed by atoms with E-state index in [2.05, 4.69) is 34.3 Å². The number of rotatable bonds is 7. The molecule has 0 aliphatic heterocycles. The minimum Gasteiger partial charge on any atom is -0.338 e. The topological polar surface area (TPSA) is 20.3 Å². The van der Waals surface area contributed by atoms with E-state index in [0.717, 1.165) is 17.7 Å². The van der Waals surface area contributed by atoms with Crippen molar-refractivity contribution in [2.45, 2.75) is 53.1 Å². The lowest BCUT2D eigenvalue weighted by molar-refractivity contribution is -0.184. The lowest BCUT2D eigenvalue weighted by atomic mass is 9.73. The predicted octanol–water partition coefficient (Wildman–Crippen LogP) is 4.42. The summed E-state index contributed by atoms with van der Waals surface area (Å²) in [5, 5.41) is 0. The van der Waals surface area contributed by atoms with Gasteiger partial charge >= 0.3 is 12.1 Å². The summed E-state index contributed by atoms with van der Waals surface area (Å²) in [6.45, 7) is 12.3. The third-order valence-corrected chi connectivity index (χ3v) is 3.42. The number of allylic oxidation sites excluding steroid dienone is 1. The molecule has 20 heavy (non-hydrogen) atoms. The molecule has 0 spiro atoms. The molecule has 0 fully saturated rings. The van der Waals surface area contributed by atoms with E-state index in [0.29, 0.717) is 6.42 Å². The van der Waals surface area contributed by atoms with E-state index in [1.165, 1.54) is 7.05 Å². The normalized spacial score (nSPS) is 13.2. The quantitative estimate of drug-likeness (QED) is 0.636. The molecule has 0 radical (unpaired) electrons. The van der Waals surface area contributed by atoms with Gasteiger partial charge in [0.15, 0.2) is 0 Å². The van der Waals surface area contributed by atoms with Gasteiger partial charge in [0.2, 0.25) is 0 Å². The predicted molar refractivity (Wildman–Crippen MR) is 75.3 cm³/mol. The molecule has 118 valence electrons. The van der Waals surface area contributed by atoms with Crippen LogP contribution in [-0.2, 0) is 4.79 Å². The number of nitrogens with zero attached hydrogens (tertiary/aromatic N) is 1. The fourth-order valence-corrected chi connectivity index (χ4v) is 2.51. The zero-order chi connectivity index (χ0) is 16.2. The Balaban J connectivity index is 4.30. The summed E-state index contributed by atoms with van der Waals surface area (Å²) < 4.78 is 36.7. The van der Waals surface area contributed by atoms with Crippen LogP contribution in [0.3, 0.4) is 0 Å². The molecule has 0 bridgehead atoms. The summed E-state index contributed by atoms with van der Waals surface area (Å²) in [4.78, 5) is 11.7. The molecule has 1 amide bonds. The molecule has 0 unspecified atom stereocenters. The number of hydrogen-bond acceptors (Lipinski definition) is 1. The maximum Gasteiger partial charge on any atom is 0.471 e. The summed E-state index contributed by atoms with van der Waals surface area (Å²) >= 11 is 0. The molecule has 0 N–H and O–H groups in total. The highest BCUT2D eigenvalue weighted by Crippen LogP contribution is 2.37. The van der Waals surface area contributed by atoms with Gasteiger partial charge in [-0.15, -0.1) is 6.58 Å². The second kappa shape index (κ2) is 6.64. The van der Waals surface area contributed by atoms with Crippen molar-refractivity contribution in [1.82, 2.24) is 4.90 Å². The fourth-order valence-electron chi connectivity index (χ4n) is 2.51. The van der Waals surface area contributed by atoms with Gasteiger partial charge in [0.25, 0.3) is 0 Å². The van der Waals surface area contributed by atoms with Gasteiger partial charge in [0, 0.05) is 13.6 Å². The molecule has 0 aromatic heterocycles. The van der Waals surface area contributed by atoms with Gasteiger partial charge < -0.3 is 4.90 Å². The number of hydrogen-bond donors (Lipinski definition) is 0. The van der Waals surface area contributed by atoms with E-state index in [1.54, 1.807) is 0 Å². The molecule has 0 aromatic rings. The number of amides is 1. The lowest BCUT2D eigenvalue weighted by Gasteiger charge is -2.33. The second-order valence-corrected chi connectivity index (χ2v) is 6.86. The van der Waals surface area contributed by atoms with Crippen molar-refractivity contribution in [2.75, 3.05) is 13.6 Å². The van der Waals surface area contributed by atoms with Crippen LogP contribution in [0.2, 0.25) is 0 Å². The highest BCUT2D eigenvalue weighted by molar-refractivity contribution is 5.81. The number of carbonyl (C=O) groups excluding carboxylic acids is 1. The Labute approximate surface area is 120 Å². The minimum absolute atomic E-state index is 0.000188. The van der Waals surface area contributed by atoms with Crippen LogP contribution in [0.1, 0.15) is 47.0 Å². The molecular formula is C15H26F3NO. The smallest absolute Gasteiger partial charge is 0.338 e. The summed E-state index contributed by atoms with van der Waals surface area (Å²) in [5.74, 6) is -1.78. The van der Waals surface area contributed by atoms with Crippen molar-refractivity contribution >= 4 is 5.91 Å². The standard InChI is InChI=1S/C15H26F3NO/c1-7-13(2,3)11-14(4,5)9-8-10-19(6)12(20)15(16,17)18/h7H,1,8-11H2,2-6H3. The minimum atomic E-state index is -4.78. The first-order valence-corrected chi connectivity index (χ1v) is 6.77. The van der Waals surface area contributed by atoms with Gasteiger partial charge in [-0.1, -0.05) is 33.8 Å². The third kappa shape index (κ3) is 6.96. The largest absolute Gasteiger partial charge is 0.471 e. The highest BCUT2D eigenvalue weighted by Gasteiger charge is 2.41. The van der Waals surface area contributed by atoms with Gasteiger partial charge in [-0.3, -0.25) is 4.79 Å². The Hall–Kier alpha value is -1.00. The SMILES string of the molecule is C=CC(C)(C)CC(C)(C)CCCN(C)C(=O)C(F)(F)F. The van der Waals surface area contributed by atoms with Crippen LogP contribution in [0.25, 0.3) is 0 Å². The zero-order valence-electron chi connectivity index (χ0n) is 13.1. The molecule has 0 saturated carbocycles. The Kier molecular flexibility index (Phi) is 6.30. The first-order chi connectivity index (χ1) is 8.81. The van der Waals surface area contributed by atoms with E-state index in [9.17, 15) is 18.0 Å². The Morgan fingerprint density at radius 1 is 1.20 bits per heavy atom. The molecule has 5 heteroatoms. The van der Waals surface area contributed by atoms with Gasteiger partial charge in [0.05, 0.1) is 0 Å². The maximum absolute atomic E-state index is 12.2.